The maximum absolute atomic E-state index is 13.0. The second-order valence-corrected chi connectivity index (χ2v) is 12.0. The number of aromatic nitrogens is 4. The van der Waals surface area contributed by atoms with Gasteiger partial charge in [0.1, 0.15) is 0 Å². The van der Waals surface area contributed by atoms with Crippen molar-refractivity contribution in [2.75, 3.05) is 26.2 Å². The normalized spacial score (nSPS) is 17.2. The van der Waals surface area contributed by atoms with Crippen LogP contribution in [0.2, 0.25) is 10.0 Å². The number of carbonyl (C=O) groups excluding carboxylic acids is 1. The first-order valence-corrected chi connectivity index (χ1v) is 14.8. The first-order chi connectivity index (χ1) is 19.7. The summed E-state index contributed by atoms with van der Waals surface area (Å²) in [7, 11) is 1.82. The van der Waals surface area contributed by atoms with Crippen LogP contribution >= 0.6 is 23.2 Å². The summed E-state index contributed by atoms with van der Waals surface area (Å²) in [5.41, 5.74) is 5.56. The topological polar surface area (TPSA) is 88.5 Å². The molecule has 4 aromatic rings. The van der Waals surface area contributed by atoms with Gasteiger partial charge in [0.2, 0.25) is 5.91 Å². The van der Waals surface area contributed by atoms with E-state index in [0.717, 1.165) is 59.5 Å². The molecular formula is C30H34Cl2N6O3. The number of likely N-dealkylation sites (tertiary alicyclic amines) is 1. The number of aliphatic hydroxyl groups excluding tert-OH is 1. The van der Waals surface area contributed by atoms with Gasteiger partial charge in [-0.3, -0.25) is 18.6 Å². The minimum Gasteiger partial charge on any atom is -0.390 e. The molecule has 1 unspecified atom stereocenters. The zero-order valence-electron chi connectivity index (χ0n) is 23.3. The average molecular weight is 598 g/mol. The van der Waals surface area contributed by atoms with Crippen LogP contribution in [0.4, 0.5) is 0 Å². The molecule has 1 atom stereocenters. The summed E-state index contributed by atoms with van der Waals surface area (Å²) in [5, 5.41) is 17.0. The van der Waals surface area contributed by atoms with Gasteiger partial charge in [-0.25, -0.2) is 4.79 Å². The van der Waals surface area contributed by atoms with Crippen LogP contribution in [0.25, 0.3) is 22.3 Å². The number of β-amino-alcohol motifs (C(OH)–C–C–N with tert-alkyl or cyclic N) is 1. The predicted octanol–water partition coefficient (Wildman–Crippen LogP) is 4.11. The van der Waals surface area contributed by atoms with Crippen molar-refractivity contribution < 1.29 is 9.90 Å². The number of imidazole rings is 1. The zero-order chi connectivity index (χ0) is 28.8. The minimum absolute atomic E-state index is 0.0225. The van der Waals surface area contributed by atoms with E-state index in [1.165, 1.54) is 0 Å². The van der Waals surface area contributed by atoms with E-state index in [-0.39, 0.29) is 17.6 Å². The van der Waals surface area contributed by atoms with Gasteiger partial charge in [0.05, 0.1) is 39.4 Å². The number of rotatable bonds is 6. The Balaban J connectivity index is 1.16. The average Bonchev–Trinajstić information content (AvgIpc) is 3.44. The van der Waals surface area contributed by atoms with Crippen molar-refractivity contribution in [2.24, 2.45) is 7.05 Å². The first-order valence-electron chi connectivity index (χ1n) is 14.1. The van der Waals surface area contributed by atoms with Crippen molar-refractivity contribution in [1.82, 2.24) is 28.7 Å². The fraction of sp³-hybridized carbons (Fsp3) is 0.433. The van der Waals surface area contributed by atoms with Crippen LogP contribution in [-0.2, 0) is 31.4 Å². The smallest absolute Gasteiger partial charge is 0.329 e. The maximum atomic E-state index is 13.0. The van der Waals surface area contributed by atoms with Gasteiger partial charge in [-0.2, -0.15) is 5.10 Å². The van der Waals surface area contributed by atoms with Gasteiger partial charge in [0.15, 0.2) is 0 Å². The third kappa shape index (κ3) is 5.32. The number of fused-ring (bicyclic) bond motifs is 2. The summed E-state index contributed by atoms with van der Waals surface area (Å²) in [5.74, 6) is 0.0256. The molecule has 2 aromatic carbocycles. The van der Waals surface area contributed by atoms with Crippen LogP contribution in [0.5, 0.6) is 0 Å². The van der Waals surface area contributed by atoms with E-state index in [4.69, 9.17) is 28.3 Å². The van der Waals surface area contributed by atoms with E-state index in [0.29, 0.717) is 42.6 Å². The largest absolute Gasteiger partial charge is 0.390 e. The summed E-state index contributed by atoms with van der Waals surface area (Å²) >= 11 is 12.5. The van der Waals surface area contributed by atoms with E-state index in [1.54, 1.807) is 23.6 Å². The van der Waals surface area contributed by atoms with Crippen LogP contribution in [0.15, 0.2) is 47.3 Å². The molecule has 0 aliphatic carbocycles. The molecule has 6 rings (SSSR count). The van der Waals surface area contributed by atoms with Gasteiger partial charge in [-0.1, -0.05) is 41.4 Å². The molecule has 2 aliphatic rings. The number of hydrogen-bond acceptors (Lipinski definition) is 5. The summed E-state index contributed by atoms with van der Waals surface area (Å²) in [4.78, 5) is 29.2. The molecule has 41 heavy (non-hydrogen) atoms. The lowest BCUT2D eigenvalue weighted by Crippen LogP contribution is -2.42. The number of benzene rings is 2. The van der Waals surface area contributed by atoms with Gasteiger partial charge in [0.25, 0.3) is 0 Å². The molecule has 2 aliphatic heterocycles. The summed E-state index contributed by atoms with van der Waals surface area (Å²) < 4.78 is 5.56. The van der Waals surface area contributed by atoms with E-state index in [9.17, 15) is 14.7 Å². The van der Waals surface area contributed by atoms with Crippen LogP contribution < -0.4 is 5.69 Å². The molecular weight excluding hydrogens is 563 g/mol. The van der Waals surface area contributed by atoms with Crippen molar-refractivity contribution in [3.63, 3.8) is 0 Å². The van der Waals surface area contributed by atoms with Crippen LogP contribution in [0, 0.1) is 0 Å². The maximum Gasteiger partial charge on any atom is 0.329 e. The highest BCUT2D eigenvalue weighted by Gasteiger charge is 2.29. The third-order valence-corrected chi connectivity index (χ3v) is 9.28. The standard InChI is InChI=1S/C30H34Cl2N6O3/c1-19(39)36-14-11-26-23(18-36)29(20-7-8-24(31)25(32)15-20)33-37(26)17-22(40)16-35-12-9-21(10-13-35)38-28-6-4-3-5-27(28)34(2)30(38)41/h3-8,15,21-22,40H,9-14,16-18H2,1-2H3. The number of aryl methyl sites for hydroxylation is 1. The van der Waals surface area contributed by atoms with Gasteiger partial charge in [-0.05, 0) is 37.1 Å². The van der Waals surface area contributed by atoms with Crippen LogP contribution in [0.1, 0.15) is 37.1 Å². The summed E-state index contributed by atoms with van der Waals surface area (Å²) in [6.07, 6.45) is 1.74. The third-order valence-electron chi connectivity index (χ3n) is 8.54. The Bertz CT molecular complexity index is 1670. The molecule has 0 spiro atoms. The van der Waals surface area contributed by atoms with E-state index in [2.05, 4.69) is 4.90 Å². The van der Waals surface area contributed by atoms with Crippen LogP contribution in [0.3, 0.4) is 0 Å². The molecule has 1 amide bonds. The minimum atomic E-state index is -0.622. The molecule has 0 radical (unpaired) electrons. The van der Waals surface area contributed by atoms with Crippen molar-refractivity contribution in [2.45, 2.75) is 51.4 Å². The predicted molar refractivity (Wildman–Crippen MR) is 160 cm³/mol. The number of halogens is 2. The monoisotopic (exact) mass is 596 g/mol. The fourth-order valence-electron chi connectivity index (χ4n) is 6.37. The van der Waals surface area contributed by atoms with Crippen molar-refractivity contribution in [3.05, 3.63) is 74.3 Å². The van der Waals surface area contributed by atoms with E-state index in [1.807, 2.05) is 51.5 Å². The van der Waals surface area contributed by atoms with Crippen LogP contribution in [-0.4, -0.2) is 72.0 Å². The number of carbonyl (C=O) groups is 1. The van der Waals surface area contributed by atoms with E-state index < -0.39 is 6.10 Å². The van der Waals surface area contributed by atoms with Crippen molar-refractivity contribution in [1.29, 1.82) is 0 Å². The number of piperidine rings is 1. The molecule has 1 saturated heterocycles. The Morgan fingerprint density at radius 3 is 2.49 bits per heavy atom. The lowest BCUT2D eigenvalue weighted by molar-refractivity contribution is -0.129. The second-order valence-electron chi connectivity index (χ2n) is 11.2. The first kappa shape index (κ1) is 28.0. The Hall–Kier alpha value is -3.11. The molecule has 0 saturated carbocycles. The Kier molecular flexibility index (Phi) is 7.72. The number of para-hydroxylation sites is 2. The summed E-state index contributed by atoms with van der Waals surface area (Å²) in [6, 6.07) is 13.5. The van der Waals surface area contributed by atoms with Crippen molar-refractivity contribution in [3.8, 4) is 11.3 Å². The number of aliphatic hydroxyl groups is 1. The Labute approximate surface area is 248 Å². The molecule has 216 valence electrons. The van der Waals surface area contributed by atoms with Gasteiger partial charge < -0.3 is 14.9 Å². The van der Waals surface area contributed by atoms with Gasteiger partial charge in [-0.15, -0.1) is 0 Å². The Morgan fingerprint density at radius 2 is 1.78 bits per heavy atom. The second kappa shape index (κ2) is 11.3. The quantitative estimate of drug-likeness (QED) is 0.362. The molecule has 2 aromatic heterocycles. The fourth-order valence-corrected chi connectivity index (χ4v) is 6.67. The lowest BCUT2D eigenvalue weighted by atomic mass is 10.0. The molecule has 1 fully saturated rings. The number of nitrogens with zero attached hydrogens (tertiary/aromatic N) is 6. The highest BCUT2D eigenvalue weighted by atomic mass is 35.5. The van der Waals surface area contributed by atoms with E-state index >= 15 is 0 Å². The van der Waals surface area contributed by atoms with Gasteiger partial charge in [0, 0.05) is 76.0 Å². The molecule has 0 bridgehead atoms. The highest BCUT2D eigenvalue weighted by Crippen LogP contribution is 2.34. The number of hydrogen-bond donors (Lipinski definition) is 1. The zero-order valence-corrected chi connectivity index (χ0v) is 24.8. The SMILES string of the molecule is CC(=O)N1CCc2c(c(-c3ccc(Cl)c(Cl)c3)nn2CC(O)CN2CCC(n3c(=O)n(C)c4ccccc43)CC2)C1. The van der Waals surface area contributed by atoms with Crippen molar-refractivity contribution >= 4 is 40.1 Å². The van der Waals surface area contributed by atoms with Gasteiger partial charge >= 0.3 is 5.69 Å². The highest BCUT2D eigenvalue weighted by molar-refractivity contribution is 6.42. The molecule has 1 N–H and O–H groups in total. The Morgan fingerprint density at radius 1 is 1.05 bits per heavy atom. The molecule has 9 nitrogen and oxygen atoms in total. The molecule has 11 heteroatoms. The summed E-state index contributed by atoms with van der Waals surface area (Å²) in [6.45, 7) is 5.15. The molecule has 4 heterocycles. The number of amides is 1. The lowest BCUT2D eigenvalue weighted by Gasteiger charge is -2.33.